The molecule has 2 atom stereocenters. The number of amides is 2. The van der Waals surface area contributed by atoms with E-state index in [-0.39, 0.29) is 30.9 Å². The third-order valence-corrected chi connectivity index (χ3v) is 5.60. The minimum absolute atomic E-state index is 0.0595. The van der Waals surface area contributed by atoms with Crippen LogP contribution in [0.5, 0.6) is 0 Å². The molecule has 0 fully saturated rings. The maximum Gasteiger partial charge on any atom is 0.307 e. The van der Waals surface area contributed by atoms with E-state index in [2.05, 4.69) is 17.6 Å². The summed E-state index contributed by atoms with van der Waals surface area (Å²) in [6, 6.07) is 7.50. The van der Waals surface area contributed by atoms with E-state index in [1.165, 1.54) is 24.6 Å². The van der Waals surface area contributed by atoms with Gasteiger partial charge in [-0.05, 0) is 25.5 Å². The highest BCUT2D eigenvalue weighted by Gasteiger charge is 2.29. The molecule has 0 aliphatic carbocycles. The van der Waals surface area contributed by atoms with Gasteiger partial charge in [0.05, 0.1) is 17.4 Å². The van der Waals surface area contributed by atoms with Crippen LogP contribution in [0.2, 0.25) is 0 Å². The molecule has 0 spiro atoms. The van der Waals surface area contributed by atoms with Crippen molar-refractivity contribution < 1.29 is 19.1 Å². The fraction of sp³-hybridized carbons (Fsp3) is 0.550. The van der Waals surface area contributed by atoms with Crippen LogP contribution >= 0.6 is 11.8 Å². The van der Waals surface area contributed by atoms with Gasteiger partial charge in [-0.2, -0.15) is 0 Å². The molecule has 27 heavy (non-hydrogen) atoms. The average molecular weight is 393 g/mol. The zero-order valence-electron chi connectivity index (χ0n) is 16.0. The normalized spacial score (nSPS) is 16.8. The topological polar surface area (TPSA) is 84.5 Å². The maximum absolute atomic E-state index is 12.1. The summed E-state index contributed by atoms with van der Waals surface area (Å²) in [5.41, 5.74) is 0.754. The van der Waals surface area contributed by atoms with Crippen LogP contribution in [0.15, 0.2) is 29.2 Å². The van der Waals surface area contributed by atoms with Gasteiger partial charge in [0.1, 0.15) is 0 Å². The van der Waals surface area contributed by atoms with Crippen molar-refractivity contribution in [1.29, 1.82) is 0 Å². The van der Waals surface area contributed by atoms with Gasteiger partial charge in [-0.15, -0.1) is 11.8 Å². The molecule has 1 aliphatic heterocycles. The van der Waals surface area contributed by atoms with Crippen LogP contribution in [0.4, 0.5) is 5.69 Å². The third kappa shape index (κ3) is 7.25. The zero-order valence-corrected chi connectivity index (χ0v) is 16.8. The first-order valence-corrected chi connectivity index (χ1v) is 10.4. The van der Waals surface area contributed by atoms with Gasteiger partial charge in [0, 0.05) is 10.9 Å². The lowest BCUT2D eigenvalue weighted by molar-refractivity contribution is -0.149. The second-order valence-electron chi connectivity index (χ2n) is 6.77. The van der Waals surface area contributed by atoms with Crippen molar-refractivity contribution in [2.24, 2.45) is 0 Å². The van der Waals surface area contributed by atoms with Gasteiger partial charge in [-0.1, -0.05) is 44.7 Å². The van der Waals surface area contributed by atoms with Crippen molar-refractivity contribution in [1.82, 2.24) is 5.32 Å². The highest BCUT2D eigenvalue weighted by Crippen LogP contribution is 2.36. The van der Waals surface area contributed by atoms with Gasteiger partial charge in [0.25, 0.3) is 5.91 Å². The van der Waals surface area contributed by atoms with E-state index in [0.29, 0.717) is 0 Å². The molecule has 0 unspecified atom stereocenters. The smallest absolute Gasteiger partial charge is 0.307 e. The van der Waals surface area contributed by atoms with Crippen LogP contribution in [-0.4, -0.2) is 35.7 Å². The fourth-order valence-corrected chi connectivity index (χ4v) is 3.94. The Balaban J connectivity index is 1.68. The predicted octanol–water partition coefficient (Wildman–Crippen LogP) is 3.51. The molecule has 0 saturated heterocycles. The molecule has 6 nitrogen and oxygen atoms in total. The number of carbonyl (C=O) groups is 3. The van der Waals surface area contributed by atoms with E-state index in [0.717, 1.165) is 29.8 Å². The maximum atomic E-state index is 12.1. The van der Waals surface area contributed by atoms with Crippen molar-refractivity contribution in [3.8, 4) is 0 Å². The van der Waals surface area contributed by atoms with Crippen molar-refractivity contribution >= 4 is 35.2 Å². The second-order valence-corrected chi connectivity index (χ2v) is 8.02. The summed E-state index contributed by atoms with van der Waals surface area (Å²) in [6.45, 7) is 3.80. The quantitative estimate of drug-likeness (QED) is 0.470. The Kier molecular flexibility index (Phi) is 8.64. The number of ether oxygens (including phenoxy) is 1. The molecule has 7 heteroatoms. The molecule has 2 rings (SSSR count). The number of nitrogens with one attached hydrogen (secondary N) is 2. The minimum atomic E-state index is -0.548. The number of rotatable bonds is 10. The standard InChI is InChI=1S/C20H28N2O4S/c1-3-4-5-6-9-14(2)21-18(23)13-26-19(24)12-17-20(25)22-15-10-7-8-11-16(15)27-17/h7-8,10-11,14,17H,3-6,9,12-13H2,1-2H3,(H,21,23)(H,22,25)/t14-,17+/m1/s1. The van der Waals surface area contributed by atoms with Gasteiger partial charge in [-0.25, -0.2) is 0 Å². The van der Waals surface area contributed by atoms with Gasteiger partial charge < -0.3 is 15.4 Å². The summed E-state index contributed by atoms with van der Waals surface area (Å²) >= 11 is 1.34. The molecule has 1 aromatic carbocycles. The predicted molar refractivity (Wildman–Crippen MR) is 107 cm³/mol. The molecule has 1 aliphatic rings. The monoisotopic (exact) mass is 392 g/mol. The first-order chi connectivity index (χ1) is 13.0. The first kappa shape index (κ1) is 21.3. The molecule has 0 saturated carbocycles. The number of fused-ring (bicyclic) bond motifs is 1. The number of hydrogen-bond acceptors (Lipinski definition) is 5. The molecule has 0 aromatic heterocycles. The van der Waals surface area contributed by atoms with E-state index in [4.69, 9.17) is 4.74 Å². The summed E-state index contributed by atoms with van der Waals surface area (Å²) in [6.07, 6.45) is 5.47. The fourth-order valence-electron chi connectivity index (χ4n) is 2.85. The number of thioether (sulfide) groups is 1. The Hall–Kier alpha value is -2.02. The Morgan fingerprint density at radius 1 is 1.26 bits per heavy atom. The van der Waals surface area contributed by atoms with Crippen molar-refractivity contribution in [2.75, 3.05) is 11.9 Å². The summed E-state index contributed by atoms with van der Waals surface area (Å²) in [5, 5.41) is 5.08. The molecule has 0 radical (unpaired) electrons. The summed E-state index contributed by atoms with van der Waals surface area (Å²) in [7, 11) is 0. The lowest BCUT2D eigenvalue weighted by Gasteiger charge is -2.23. The molecular weight excluding hydrogens is 364 g/mol. The van der Waals surface area contributed by atoms with Crippen molar-refractivity contribution in [2.45, 2.75) is 68.6 Å². The number of anilines is 1. The number of carbonyl (C=O) groups excluding carboxylic acids is 3. The van der Waals surface area contributed by atoms with Crippen LogP contribution < -0.4 is 10.6 Å². The van der Waals surface area contributed by atoms with Crippen LogP contribution in [0.3, 0.4) is 0 Å². The van der Waals surface area contributed by atoms with E-state index >= 15 is 0 Å². The Labute approximate surface area is 164 Å². The molecule has 0 bridgehead atoms. The first-order valence-electron chi connectivity index (χ1n) is 9.51. The molecule has 148 valence electrons. The second kappa shape index (κ2) is 11.0. The summed E-state index contributed by atoms with van der Waals surface area (Å²) in [4.78, 5) is 36.9. The molecule has 1 aromatic rings. The van der Waals surface area contributed by atoms with Gasteiger partial charge in [-0.3, -0.25) is 14.4 Å². The number of para-hydroxylation sites is 1. The summed E-state index contributed by atoms with van der Waals surface area (Å²) < 4.78 is 5.04. The lowest BCUT2D eigenvalue weighted by Crippen LogP contribution is -2.36. The number of unbranched alkanes of at least 4 members (excludes halogenated alkanes) is 3. The SMILES string of the molecule is CCCCCC[C@@H](C)NC(=O)COC(=O)C[C@@H]1Sc2ccccc2NC1=O. The molecule has 1 heterocycles. The molecular formula is C20H28N2O4S. The number of esters is 1. The zero-order chi connectivity index (χ0) is 19.6. The lowest BCUT2D eigenvalue weighted by atomic mass is 10.1. The van der Waals surface area contributed by atoms with Crippen molar-refractivity contribution in [3.05, 3.63) is 24.3 Å². The van der Waals surface area contributed by atoms with Crippen LogP contribution in [0.25, 0.3) is 0 Å². The van der Waals surface area contributed by atoms with E-state index in [9.17, 15) is 14.4 Å². The Morgan fingerprint density at radius 3 is 2.81 bits per heavy atom. The average Bonchev–Trinajstić information content (AvgIpc) is 2.64. The van der Waals surface area contributed by atoms with Gasteiger partial charge >= 0.3 is 5.97 Å². The van der Waals surface area contributed by atoms with E-state index < -0.39 is 11.2 Å². The van der Waals surface area contributed by atoms with E-state index in [1.54, 1.807) is 0 Å². The highest BCUT2D eigenvalue weighted by molar-refractivity contribution is 8.01. The van der Waals surface area contributed by atoms with Crippen LogP contribution in [0, 0.1) is 0 Å². The summed E-state index contributed by atoms with van der Waals surface area (Å²) in [5.74, 6) is -1.08. The van der Waals surface area contributed by atoms with Crippen LogP contribution in [0.1, 0.15) is 52.4 Å². The largest absolute Gasteiger partial charge is 0.456 e. The Morgan fingerprint density at radius 2 is 2.04 bits per heavy atom. The number of hydrogen-bond donors (Lipinski definition) is 2. The molecule has 2 N–H and O–H groups in total. The van der Waals surface area contributed by atoms with Gasteiger partial charge in [0.15, 0.2) is 6.61 Å². The van der Waals surface area contributed by atoms with E-state index in [1.807, 2.05) is 31.2 Å². The third-order valence-electron chi connectivity index (χ3n) is 4.32. The minimum Gasteiger partial charge on any atom is -0.456 e. The number of benzene rings is 1. The van der Waals surface area contributed by atoms with Crippen molar-refractivity contribution in [3.63, 3.8) is 0 Å². The Bertz CT molecular complexity index is 665. The molecule has 2 amide bonds. The highest BCUT2D eigenvalue weighted by atomic mass is 32.2. The van der Waals surface area contributed by atoms with Crippen LogP contribution in [-0.2, 0) is 19.1 Å². The van der Waals surface area contributed by atoms with Gasteiger partial charge in [0.2, 0.25) is 5.91 Å².